The summed E-state index contributed by atoms with van der Waals surface area (Å²) in [6, 6.07) is 7.41. The van der Waals surface area contributed by atoms with Gasteiger partial charge < -0.3 is 10.5 Å². The molecule has 1 aromatic carbocycles. The number of aromatic nitrogens is 3. The third-order valence-corrected chi connectivity index (χ3v) is 2.68. The van der Waals surface area contributed by atoms with Gasteiger partial charge in [-0.1, -0.05) is 0 Å². The molecule has 0 unspecified atom stereocenters. The van der Waals surface area contributed by atoms with Crippen LogP contribution in [0.5, 0.6) is 11.5 Å². The minimum atomic E-state index is 0.674. The van der Waals surface area contributed by atoms with E-state index >= 15 is 0 Å². The quantitative estimate of drug-likeness (QED) is 0.698. The molecule has 5 heteroatoms. The van der Waals surface area contributed by atoms with Gasteiger partial charge in [-0.2, -0.15) is 5.10 Å². The fraction of sp³-hybridized carbons (Fsp3) is 0.0769. The number of pyridine rings is 1. The topological polar surface area (TPSA) is 66.0 Å². The van der Waals surface area contributed by atoms with E-state index in [1.54, 1.807) is 23.3 Å². The summed E-state index contributed by atoms with van der Waals surface area (Å²) in [6.07, 6.45) is 5.17. The molecule has 3 aromatic rings. The third-order valence-electron chi connectivity index (χ3n) is 2.68. The van der Waals surface area contributed by atoms with Crippen molar-refractivity contribution in [3.63, 3.8) is 0 Å². The van der Waals surface area contributed by atoms with Crippen molar-refractivity contribution in [3.05, 3.63) is 42.9 Å². The van der Waals surface area contributed by atoms with Gasteiger partial charge >= 0.3 is 0 Å². The summed E-state index contributed by atoms with van der Waals surface area (Å²) in [6.45, 7) is 0. The maximum atomic E-state index is 5.91. The first kappa shape index (κ1) is 10.6. The first-order valence-electron chi connectivity index (χ1n) is 5.54. The van der Waals surface area contributed by atoms with Gasteiger partial charge in [-0.15, -0.1) is 0 Å². The van der Waals surface area contributed by atoms with E-state index in [-0.39, 0.29) is 0 Å². The largest absolute Gasteiger partial charge is 0.452 e. The van der Waals surface area contributed by atoms with Crippen molar-refractivity contribution in [3.8, 4) is 11.5 Å². The second-order valence-electron chi connectivity index (χ2n) is 4.00. The van der Waals surface area contributed by atoms with Crippen LogP contribution < -0.4 is 10.5 Å². The van der Waals surface area contributed by atoms with Crippen LogP contribution in [0.3, 0.4) is 0 Å². The number of fused-ring (bicyclic) bond motifs is 1. The lowest BCUT2D eigenvalue weighted by molar-refractivity contribution is 0.486. The molecule has 0 saturated carbocycles. The highest BCUT2D eigenvalue weighted by Gasteiger charge is 2.07. The predicted octanol–water partition coefficient (Wildman–Crippen LogP) is 2.34. The summed E-state index contributed by atoms with van der Waals surface area (Å²) < 4.78 is 7.45. The first-order chi connectivity index (χ1) is 8.74. The molecule has 0 aliphatic heterocycles. The zero-order valence-electron chi connectivity index (χ0n) is 9.87. The van der Waals surface area contributed by atoms with Gasteiger partial charge in [0.05, 0.1) is 12.4 Å². The Hall–Kier alpha value is -2.56. The Labute approximate surface area is 104 Å². The van der Waals surface area contributed by atoms with Crippen LogP contribution in [0.25, 0.3) is 10.9 Å². The molecule has 0 saturated heterocycles. The maximum Gasteiger partial charge on any atom is 0.165 e. The first-order valence-corrected chi connectivity index (χ1v) is 5.54. The molecule has 0 radical (unpaired) electrons. The van der Waals surface area contributed by atoms with Crippen molar-refractivity contribution in [2.45, 2.75) is 0 Å². The van der Waals surface area contributed by atoms with Gasteiger partial charge in [0.1, 0.15) is 5.52 Å². The number of ether oxygens (including phenoxy) is 1. The van der Waals surface area contributed by atoms with Crippen LogP contribution >= 0.6 is 0 Å². The average Bonchev–Trinajstić information content (AvgIpc) is 2.79. The third kappa shape index (κ3) is 1.75. The Bertz CT molecular complexity index is 705. The van der Waals surface area contributed by atoms with Crippen molar-refractivity contribution < 1.29 is 4.74 Å². The zero-order valence-corrected chi connectivity index (χ0v) is 9.87. The molecular formula is C13H12N4O. The SMILES string of the molecule is Cn1cc(Oc2ccc(N)c3cccnc23)cn1. The highest BCUT2D eigenvalue weighted by molar-refractivity contribution is 5.94. The number of nitrogens with zero attached hydrogens (tertiary/aromatic N) is 3. The molecule has 5 nitrogen and oxygen atoms in total. The van der Waals surface area contributed by atoms with Crippen molar-refractivity contribution in [2.24, 2.45) is 7.05 Å². The smallest absolute Gasteiger partial charge is 0.165 e. The number of nitrogen functional groups attached to an aromatic ring is 1. The van der Waals surface area contributed by atoms with Gasteiger partial charge in [0.25, 0.3) is 0 Å². The number of hydrogen-bond donors (Lipinski definition) is 1. The van der Waals surface area contributed by atoms with E-state index in [0.717, 1.165) is 10.9 Å². The van der Waals surface area contributed by atoms with Gasteiger partial charge in [-0.3, -0.25) is 9.67 Å². The minimum absolute atomic E-state index is 0.674. The lowest BCUT2D eigenvalue weighted by Gasteiger charge is -2.07. The molecule has 2 heterocycles. The van der Waals surface area contributed by atoms with Gasteiger partial charge in [0.2, 0.25) is 0 Å². The van der Waals surface area contributed by atoms with E-state index < -0.39 is 0 Å². The van der Waals surface area contributed by atoms with Gasteiger partial charge in [-0.25, -0.2) is 0 Å². The van der Waals surface area contributed by atoms with Crippen LogP contribution in [0.15, 0.2) is 42.9 Å². The molecule has 0 atom stereocenters. The molecule has 0 spiro atoms. The lowest BCUT2D eigenvalue weighted by atomic mass is 10.2. The van der Waals surface area contributed by atoms with Crippen LogP contribution in [-0.2, 0) is 7.05 Å². The maximum absolute atomic E-state index is 5.91. The van der Waals surface area contributed by atoms with Crippen LogP contribution in [-0.4, -0.2) is 14.8 Å². The number of rotatable bonds is 2. The number of hydrogen-bond acceptors (Lipinski definition) is 4. The molecule has 2 aromatic heterocycles. The van der Waals surface area contributed by atoms with E-state index in [1.807, 2.05) is 31.3 Å². The molecule has 90 valence electrons. The fourth-order valence-electron chi connectivity index (χ4n) is 1.83. The standard InChI is InChI=1S/C13H12N4O/c1-17-8-9(7-16-17)18-12-5-4-11(14)10-3-2-6-15-13(10)12/h2-8H,14H2,1H3. The number of aryl methyl sites for hydroxylation is 1. The molecule has 0 bridgehead atoms. The predicted molar refractivity (Wildman–Crippen MR) is 69.4 cm³/mol. The van der Waals surface area contributed by atoms with Gasteiger partial charge in [0.15, 0.2) is 11.5 Å². The number of anilines is 1. The van der Waals surface area contributed by atoms with E-state index in [1.165, 1.54) is 0 Å². The molecule has 3 rings (SSSR count). The summed E-state index contributed by atoms with van der Waals surface area (Å²) in [5, 5.41) is 4.94. The molecule has 0 amide bonds. The second kappa shape index (κ2) is 4.03. The Kier molecular flexibility index (Phi) is 2.37. The summed E-state index contributed by atoms with van der Waals surface area (Å²) >= 11 is 0. The highest BCUT2D eigenvalue weighted by atomic mass is 16.5. The molecule has 0 aliphatic rings. The summed E-state index contributed by atoms with van der Waals surface area (Å²) in [5.74, 6) is 1.35. The summed E-state index contributed by atoms with van der Waals surface area (Å²) in [5.41, 5.74) is 7.35. The zero-order chi connectivity index (χ0) is 12.5. The summed E-state index contributed by atoms with van der Waals surface area (Å²) in [7, 11) is 1.84. The van der Waals surface area contributed by atoms with Crippen molar-refractivity contribution in [2.75, 3.05) is 5.73 Å². The molecular weight excluding hydrogens is 228 g/mol. The van der Waals surface area contributed by atoms with Crippen molar-refractivity contribution in [1.82, 2.24) is 14.8 Å². The number of benzene rings is 1. The minimum Gasteiger partial charge on any atom is -0.452 e. The lowest BCUT2D eigenvalue weighted by Crippen LogP contribution is -1.92. The van der Waals surface area contributed by atoms with Crippen LogP contribution in [0, 0.1) is 0 Å². The highest BCUT2D eigenvalue weighted by Crippen LogP contribution is 2.31. The Balaban J connectivity index is 2.09. The average molecular weight is 240 g/mol. The van der Waals surface area contributed by atoms with Crippen LogP contribution in [0.4, 0.5) is 5.69 Å². The molecule has 0 fully saturated rings. The Morgan fingerprint density at radius 2 is 2.17 bits per heavy atom. The number of nitrogens with two attached hydrogens (primary N) is 1. The van der Waals surface area contributed by atoms with E-state index in [0.29, 0.717) is 17.2 Å². The Morgan fingerprint density at radius 1 is 1.28 bits per heavy atom. The van der Waals surface area contributed by atoms with E-state index in [2.05, 4.69) is 10.1 Å². The van der Waals surface area contributed by atoms with E-state index in [9.17, 15) is 0 Å². The Morgan fingerprint density at radius 3 is 2.94 bits per heavy atom. The normalized spacial score (nSPS) is 10.7. The summed E-state index contributed by atoms with van der Waals surface area (Å²) in [4.78, 5) is 4.31. The monoisotopic (exact) mass is 240 g/mol. The van der Waals surface area contributed by atoms with Crippen LogP contribution in [0.1, 0.15) is 0 Å². The van der Waals surface area contributed by atoms with E-state index in [4.69, 9.17) is 10.5 Å². The molecule has 18 heavy (non-hydrogen) atoms. The van der Waals surface area contributed by atoms with Crippen molar-refractivity contribution in [1.29, 1.82) is 0 Å². The molecule has 0 aliphatic carbocycles. The van der Waals surface area contributed by atoms with Crippen molar-refractivity contribution >= 4 is 16.6 Å². The molecule has 2 N–H and O–H groups in total. The fourth-order valence-corrected chi connectivity index (χ4v) is 1.83. The second-order valence-corrected chi connectivity index (χ2v) is 4.00. The van der Waals surface area contributed by atoms with Gasteiger partial charge in [0, 0.05) is 24.3 Å². The van der Waals surface area contributed by atoms with Gasteiger partial charge in [-0.05, 0) is 24.3 Å². The van der Waals surface area contributed by atoms with Crippen LogP contribution in [0.2, 0.25) is 0 Å².